The molecule has 0 radical (unpaired) electrons. The fourth-order valence-electron chi connectivity index (χ4n) is 2.97. The molecule has 0 N–H and O–H groups in total. The molecular weight excluding hydrogens is 262 g/mol. The number of amides is 1. The van der Waals surface area contributed by atoms with Gasteiger partial charge in [0.15, 0.2) is 5.78 Å². The average molecular weight is 283 g/mol. The zero-order chi connectivity index (χ0) is 15.5. The number of esters is 1. The monoisotopic (exact) mass is 283 g/mol. The number of hydrogen-bond acceptors (Lipinski definition) is 5. The van der Waals surface area contributed by atoms with E-state index in [1.165, 1.54) is 12.0 Å². The molecule has 2 heterocycles. The van der Waals surface area contributed by atoms with Crippen molar-refractivity contribution < 1.29 is 23.9 Å². The molecule has 0 aliphatic carbocycles. The van der Waals surface area contributed by atoms with E-state index in [1.807, 2.05) is 20.8 Å². The molecule has 0 aromatic heterocycles. The normalized spacial score (nSPS) is 32.5. The Morgan fingerprint density at radius 3 is 2.35 bits per heavy atom. The van der Waals surface area contributed by atoms with Crippen molar-refractivity contribution in [1.82, 2.24) is 4.90 Å². The molecule has 2 fully saturated rings. The largest absolute Gasteiger partial charge is 0.467 e. The second-order valence-electron chi connectivity index (χ2n) is 7.01. The highest BCUT2D eigenvalue weighted by Gasteiger charge is 2.73. The number of ether oxygens (including phenoxy) is 2. The number of carbonyl (C=O) groups excluding carboxylic acids is 3. The molecule has 0 unspecified atom stereocenters. The Kier molecular flexibility index (Phi) is 3.02. The number of methoxy groups -OCH3 is 1. The van der Waals surface area contributed by atoms with Crippen molar-refractivity contribution in [2.75, 3.05) is 13.7 Å². The van der Waals surface area contributed by atoms with Crippen molar-refractivity contribution in [2.24, 2.45) is 10.8 Å². The van der Waals surface area contributed by atoms with Crippen LogP contribution in [-0.4, -0.2) is 48.0 Å². The highest BCUT2D eigenvalue weighted by molar-refractivity contribution is 6.25. The highest BCUT2D eigenvalue weighted by atomic mass is 16.6. The van der Waals surface area contributed by atoms with Gasteiger partial charge in [-0.1, -0.05) is 20.8 Å². The molecular formula is C14H21NO5. The lowest BCUT2D eigenvalue weighted by Crippen LogP contribution is -2.57. The highest BCUT2D eigenvalue weighted by Crippen LogP contribution is 2.48. The summed E-state index contributed by atoms with van der Waals surface area (Å²) in [6.07, 6.45) is -0.625. The molecule has 112 valence electrons. The van der Waals surface area contributed by atoms with E-state index in [9.17, 15) is 14.4 Å². The third kappa shape index (κ3) is 1.57. The van der Waals surface area contributed by atoms with Gasteiger partial charge in [0.2, 0.25) is 11.4 Å². The number of fused-ring (bicyclic) bond motifs is 1. The van der Waals surface area contributed by atoms with Gasteiger partial charge in [-0.15, -0.1) is 0 Å². The fraction of sp³-hybridized carbons (Fsp3) is 0.786. The zero-order valence-electron chi connectivity index (χ0n) is 12.8. The van der Waals surface area contributed by atoms with Crippen LogP contribution in [0.5, 0.6) is 0 Å². The van der Waals surface area contributed by atoms with E-state index in [0.717, 1.165) is 0 Å². The average Bonchev–Trinajstić information content (AvgIpc) is 2.81. The minimum Gasteiger partial charge on any atom is -0.467 e. The first kappa shape index (κ1) is 15.0. The van der Waals surface area contributed by atoms with Crippen LogP contribution in [0.1, 0.15) is 34.6 Å². The standard InChI is InChI=1S/C14H21NO5/c1-12(2,3)10-15-9(17)13(4,5)8(16)14(15,7-20-10)11(18)19-6/h10H,7H2,1-6H3/t10-,14-/m1/s1. The summed E-state index contributed by atoms with van der Waals surface area (Å²) in [6, 6.07) is 0. The first-order valence-corrected chi connectivity index (χ1v) is 6.60. The number of Topliss-reactive ketones (excluding diaryl/α,β-unsaturated/α-hetero) is 1. The van der Waals surface area contributed by atoms with E-state index in [-0.39, 0.29) is 12.5 Å². The molecule has 0 aromatic rings. The summed E-state index contributed by atoms with van der Waals surface area (Å²) in [7, 11) is 1.21. The fourth-order valence-corrected chi connectivity index (χ4v) is 2.97. The van der Waals surface area contributed by atoms with Gasteiger partial charge in [0.05, 0.1) is 13.7 Å². The van der Waals surface area contributed by atoms with Crippen LogP contribution >= 0.6 is 0 Å². The maximum atomic E-state index is 12.7. The molecule has 2 atom stereocenters. The molecule has 2 aliphatic heterocycles. The smallest absolute Gasteiger partial charge is 0.342 e. The molecule has 20 heavy (non-hydrogen) atoms. The topological polar surface area (TPSA) is 72.9 Å². The van der Waals surface area contributed by atoms with E-state index in [2.05, 4.69) is 0 Å². The SMILES string of the molecule is COC(=O)[C@]12CO[C@H](C(C)(C)C)N1C(=O)C(C)(C)C2=O. The molecule has 1 amide bonds. The Morgan fingerprint density at radius 2 is 1.90 bits per heavy atom. The molecule has 2 rings (SSSR count). The van der Waals surface area contributed by atoms with Crippen molar-refractivity contribution >= 4 is 17.7 Å². The van der Waals surface area contributed by atoms with Crippen LogP contribution in [-0.2, 0) is 23.9 Å². The van der Waals surface area contributed by atoms with Crippen LogP contribution in [0.25, 0.3) is 0 Å². The van der Waals surface area contributed by atoms with Crippen molar-refractivity contribution in [1.29, 1.82) is 0 Å². The predicted octanol–water partition coefficient (Wildman–Crippen LogP) is 0.738. The summed E-state index contributed by atoms with van der Waals surface area (Å²) in [5.41, 5.74) is -3.28. The van der Waals surface area contributed by atoms with Gasteiger partial charge in [-0.05, 0) is 13.8 Å². The summed E-state index contributed by atoms with van der Waals surface area (Å²) in [5.74, 6) is -1.56. The lowest BCUT2D eigenvalue weighted by Gasteiger charge is -2.35. The summed E-state index contributed by atoms with van der Waals surface area (Å²) in [5, 5.41) is 0. The van der Waals surface area contributed by atoms with Gasteiger partial charge in [-0.25, -0.2) is 4.79 Å². The summed E-state index contributed by atoms with van der Waals surface area (Å²) in [6.45, 7) is 8.63. The van der Waals surface area contributed by atoms with Crippen molar-refractivity contribution in [3.63, 3.8) is 0 Å². The van der Waals surface area contributed by atoms with E-state index in [0.29, 0.717) is 0 Å². The van der Waals surface area contributed by atoms with Gasteiger partial charge in [0.25, 0.3) is 0 Å². The second kappa shape index (κ2) is 4.04. The zero-order valence-corrected chi connectivity index (χ0v) is 12.8. The summed E-state index contributed by atoms with van der Waals surface area (Å²) >= 11 is 0. The molecule has 2 saturated heterocycles. The molecule has 6 nitrogen and oxygen atoms in total. The molecule has 0 bridgehead atoms. The van der Waals surface area contributed by atoms with Crippen molar-refractivity contribution in [2.45, 2.75) is 46.4 Å². The predicted molar refractivity (Wildman–Crippen MR) is 69.6 cm³/mol. The summed E-state index contributed by atoms with van der Waals surface area (Å²) < 4.78 is 10.4. The second-order valence-corrected chi connectivity index (χ2v) is 7.01. The maximum Gasteiger partial charge on any atom is 0.342 e. The molecule has 0 spiro atoms. The van der Waals surface area contributed by atoms with E-state index in [1.54, 1.807) is 13.8 Å². The van der Waals surface area contributed by atoms with Gasteiger partial charge in [-0.3, -0.25) is 14.5 Å². The minimum atomic E-state index is -1.63. The number of hydrogen-bond donors (Lipinski definition) is 0. The Morgan fingerprint density at radius 1 is 1.35 bits per heavy atom. The molecule has 0 saturated carbocycles. The van der Waals surface area contributed by atoms with Gasteiger partial charge in [-0.2, -0.15) is 0 Å². The van der Waals surface area contributed by atoms with Crippen LogP contribution in [0.15, 0.2) is 0 Å². The Labute approximate surface area is 118 Å². The lowest BCUT2D eigenvalue weighted by molar-refractivity contribution is -0.160. The Hall–Kier alpha value is -1.43. The van der Waals surface area contributed by atoms with E-state index in [4.69, 9.17) is 9.47 Å². The first-order chi connectivity index (χ1) is 9.01. The van der Waals surface area contributed by atoms with E-state index >= 15 is 0 Å². The molecule has 2 aliphatic rings. The Bertz CT molecular complexity index is 490. The maximum absolute atomic E-state index is 12.7. The number of nitrogens with zero attached hydrogens (tertiary/aromatic N) is 1. The first-order valence-electron chi connectivity index (χ1n) is 6.60. The van der Waals surface area contributed by atoms with Crippen LogP contribution in [0, 0.1) is 10.8 Å². The van der Waals surface area contributed by atoms with Crippen molar-refractivity contribution in [3.8, 4) is 0 Å². The summed E-state index contributed by atoms with van der Waals surface area (Å²) in [4.78, 5) is 38.8. The number of rotatable bonds is 1. The molecule has 6 heteroatoms. The molecule has 0 aromatic carbocycles. The van der Waals surface area contributed by atoms with Gasteiger partial charge in [0, 0.05) is 5.41 Å². The van der Waals surface area contributed by atoms with Crippen LogP contribution in [0.2, 0.25) is 0 Å². The van der Waals surface area contributed by atoms with Crippen LogP contribution < -0.4 is 0 Å². The minimum absolute atomic E-state index is 0.143. The van der Waals surface area contributed by atoms with Crippen LogP contribution in [0.3, 0.4) is 0 Å². The Balaban J connectivity index is 2.61. The van der Waals surface area contributed by atoms with Gasteiger partial charge in [0.1, 0.15) is 11.6 Å². The number of ketones is 1. The lowest BCUT2D eigenvalue weighted by atomic mass is 9.82. The number of carbonyl (C=O) groups is 3. The third-order valence-corrected chi connectivity index (χ3v) is 4.06. The third-order valence-electron chi connectivity index (χ3n) is 4.06. The van der Waals surface area contributed by atoms with Crippen LogP contribution in [0.4, 0.5) is 0 Å². The van der Waals surface area contributed by atoms with Gasteiger partial charge < -0.3 is 9.47 Å². The quantitative estimate of drug-likeness (QED) is 0.524. The van der Waals surface area contributed by atoms with Crippen molar-refractivity contribution in [3.05, 3.63) is 0 Å². The van der Waals surface area contributed by atoms with E-state index < -0.39 is 34.3 Å². The van der Waals surface area contributed by atoms with Gasteiger partial charge >= 0.3 is 5.97 Å².